The smallest absolute Gasteiger partial charge is 0.147 e. The molecule has 4 aromatic carbocycles. The molecule has 0 fully saturated rings. The van der Waals surface area contributed by atoms with Crippen molar-refractivity contribution in [3.05, 3.63) is 150 Å². The van der Waals surface area contributed by atoms with Gasteiger partial charge in [0.15, 0.2) is 0 Å². The topological polar surface area (TPSA) is 0 Å². The SMILES string of the molecule is Cc1ccc2c(c1)[CH]([Zr]([C]1=C(C(C)C)C(C(C)C)=C(C(C)C)C1C(C)C)=[C](c1ccccc1)c1ccccc1)c1cc(C)ccc1-2.Cl.Cl. The Morgan fingerprint density at radius 1 is 0.542 bits per heavy atom. The van der Waals surface area contributed by atoms with Crippen LogP contribution in [0.25, 0.3) is 11.1 Å². The van der Waals surface area contributed by atoms with Crippen molar-refractivity contribution in [3.8, 4) is 11.1 Å². The van der Waals surface area contributed by atoms with Crippen LogP contribution in [0.2, 0.25) is 0 Å². The van der Waals surface area contributed by atoms with Crippen LogP contribution in [0.3, 0.4) is 0 Å². The molecule has 6 rings (SSSR count). The summed E-state index contributed by atoms with van der Waals surface area (Å²) in [7, 11) is 0. The van der Waals surface area contributed by atoms with Gasteiger partial charge in [-0.1, -0.05) is 0 Å². The number of hydrogen-bond acceptors (Lipinski definition) is 0. The molecule has 0 radical (unpaired) electrons. The van der Waals surface area contributed by atoms with Crippen molar-refractivity contribution in [2.45, 2.75) is 72.9 Å². The van der Waals surface area contributed by atoms with Gasteiger partial charge < -0.3 is 0 Å². The first-order chi connectivity index (χ1) is 22.0. The molecule has 0 bridgehead atoms. The minimum Gasteiger partial charge on any atom is -0.147 e. The molecule has 0 nitrogen and oxygen atoms in total. The molecule has 1 atom stereocenters. The first kappa shape index (κ1) is 38.5. The van der Waals surface area contributed by atoms with Crippen LogP contribution < -0.4 is 0 Å². The second-order valence-corrected chi connectivity index (χ2v) is 21.0. The van der Waals surface area contributed by atoms with Crippen LogP contribution in [0.15, 0.2) is 117 Å². The Morgan fingerprint density at radius 2 is 0.979 bits per heavy atom. The molecule has 0 saturated carbocycles. The van der Waals surface area contributed by atoms with E-state index in [9.17, 15) is 0 Å². The van der Waals surface area contributed by atoms with E-state index in [1.54, 1.807) is 31.1 Å². The Bertz CT molecular complexity index is 1760. The molecular formula is C45H54Cl2Zr. The third-order valence-electron chi connectivity index (χ3n) is 10.3. The summed E-state index contributed by atoms with van der Waals surface area (Å²) in [5.41, 5.74) is 16.7. The van der Waals surface area contributed by atoms with Crippen molar-refractivity contribution in [3.63, 3.8) is 0 Å². The normalized spacial score (nSPS) is 15.7. The molecule has 0 aromatic heterocycles. The fourth-order valence-electron chi connectivity index (χ4n) is 8.67. The maximum atomic E-state index is 2.55. The summed E-state index contributed by atoms with van der Waals surface area (Å²) in [5, 5.41) is 0. The summed E-state index contributed by atoms with van der Waals surface area (Å²) >= 11 is -2.98. The fourth-order valence-corrected chi connectivity index (χ4v) is 19.6. The Balaban J connectivity index is 0.00000260. The van der Waals surface area contributed by atoms with Crippen LogP contribution in [-0.2, 0) is 21.3 Å². The monoisotopic (exact) mass is 754 g/mol. The van der Waals surface area contributed by atoms with Crippen molar-refractivity contribution >= 4 is 28.0 Å². The maximum absolute atomic E-state index is 2.98. The Labute approximate surface area is 311 Å². The molecule has 0 saturated heterocycles. The van der Waals surface area contributed by atoms with Crippen molar-refractivity contribution in [2.75, 3.05) is 0 Å². The second-order valence-electron chi connectivity index (χ2n) is 15.0. The Hall–Kier alpha value is -2.31. The van der Waals surface area contributed by atoms with Gasteiger partial charge in [0.2, 0.25) is 0 Å². The van der Waals surface area contributed by atoms with E-state index in [4.69, 9.17) is 0 Å². The summed E-state index contributed by atoms with van der Waals surface area (Å²) in [5.74, 6) is 2.52. The predicted molar refractivity (Wildman–Crippen MR) is 211 cm³/mol. The zero-order chi connectivity index (χ0) is 32.9. The number of hydrogen-bond donors (Lipinski definition) is 0. The van der Waals surface area contributed by atoms with Gasteiger partial charge in [0.25, 0.3) is 0 Å². The first-order valence-electron chi connectivity index (χ1n) is 17.6. The van der Waals surface area contributed by atoms with Gasteiger partial charge >= 0.3 is 288 Å². The third-order valence-corrected chi connectivity index (χ3v) is 18.8. The van der Waals surface area contributed by atoms with Crippen molar-refractivity contribution in [1.82, 2.24) is 0 Å². The van der Waals surface area contributed by atoms with Gasteiger partial charge in [-0.25, -0.2) is 0 Å². The van der Waals surface area contributed by atoms with Crippen LogP contribution in [0.1, 0.15) is 92.4 Å². The summed E-state index contributed by atoms with van der Waals surface area (Å²) in [6.45, 7) is 24.4. The molecule has 1 unspecified atom stereocenters. The van der Waals surface area contributed by atoms with E-state index in [2.05, 4.69) is 166 Å². The molecule has 48 heavy (non-hydrogen) atoms. The summed E-state index contributed by atoms with van der Waals surface area (Å²) in [4.78, 5) is 0. The van der Waals surface area contributed by atoms with E-state index in [0.29, 0.717) is 33.2 Å². The van der Waals surface area contributed by atoms with Gasteiger partial charge in [0, 0.05) is 0 Å². The Morgan fingerprint density at radius 3 is 1.35 bits per heavy atom. The van der Waals surface area contributed by atoms with Crippen molar-refractivity contribution in [1.29, 1.82) is 0 Å². The van der Waals surface area contributed by atoms with Crippen molar-refractivity contribution in [2.24, 2.45) is 29.6 Å². The number of benzene rings is 4. The molecule has 3 heteroatoms. The van der Waals surface area contributed by atoms with E-state index < -0.39 is 21.3 Å². The van der Waals surface area contributed by atoms with Crippen LogP contribution in [0.5, 0.6) is 0 Å². The van der Waals surface area contributed by atoms with Crippen LogP contribution in [0, 0.1) is 43.4 Å². The van der Waals surface area contributed by atoms with Gasteiger partial charge in [-0.3, -0.25) is 0 Å². The van der Waals surface area contributed by atoms with E-state index in [-0.39, 0.29) is 24.8 Å². The van der Waals surface area contributed by atoms with Crippen LogP contribution in [0.4, 0.5) is 0 Å². The average Bonchev–Trinajstić information content (AvgIpc) is 3.54. The molecule has 2 aliphatic rings. The number of fused-ring (bicyclic) bond motifs is 3. The number of aryl methyl sites for hydroxylation is 2. The van der Waals surface area contributed by atoms with Crippen molar-refractivity contribution < 1.29 is 21.3 Å². The first-order valence-corrected chi connectivity index (χ1v) is 21.4. The quantitative estimate of drug-likeness (QED) is 0.168. The zero-order valence-corrected chi connectivity index (χ0v) is 34.6. The largest absolute Gasteiger partial charge is 0.147 e. The summed E-state index contributed by atoms with van der Waals surface area (Å²) in [6, 6.07) is 37.6. The van der Waals surface area contributed by atoms with E-state index in [1.165, 1.54) is 33.4 Å². The minimum absolute atomic E-state index is 0. The summed E-state index contributed by atoms with van der Waals surface area (Å²) < 4.78 is 3.93. The fraction of sp³-hybridized carbons (Fsp3) is 0.356. The molecular weight excluding hydrogens is 703 g/mol. The molecule has 4 aromatic rings. The Kier molecular flexibility index (Phi) is 12.6. The molecule has 0 heterocycles. The number of halogens is 2. The number of rotatable bonds is 8. The second kappa shape index (κ2) is 15.7. The van der Waals surface area contributed by atoms with E-state index in [1.807, 2.05) is 3.28 Å². The standard InChI is InChI=1S/C17H29.C15H13.C13H10.2ClH.Zr/c1-10(2)14-9-15(11(3)4)17(13(7)8)16(14)12(5)6;1-10-3-5-14-12(7-10)9-13-8-11(2)4-6-15(13)14;1-3-7-12(8-4-1)11-13-9-5-2-6-10-13;;;/h10-14H,1-8H3;3-9H,1-2H3;1-10H;2*1H;. The van der Waals surface area contributed by atoms with E-state index >= 15 is 0 Å². The van der Waals surface area contributed by atoms with Gasteiger partial charge in [-0.2, -0.15) is 0 Å². The zero-order valence-electron chi connectivity index (χ0n) is 30.5. The van der Waals surface area contributed by atoms with Gasteiger partial charge in [-0.05, 0) is 0 Å². The van der Waals surface area contributed by atoms with Crippen LogP contribution in [-0.4, -0.2) is 3.21 Å². The number of allylic oxidation sites excluding steroid dienone is 4. The minimum atomic E-state index is -2.98. The molecule has 252 valence electrons. The van der Waals surface area contributed by atoms with Gasteiger partial charge in [-0.15, -0.1) is 24.8 Å². The summed E-state index contributed by atoms with van der Waals surface area (Å²) in [6.07, 6.45) is 0. The molecule has 2 aliphatic carbocycles. The maximum Gasteiger partial charge on any atom is -0.147 e. The van der Waals surface area contributed by atoms with Gasteiger partial charge in [0.1, 0.15) is 0 Å². The molecule has 0 amide bonds. The van der Waals surface area contributed by atoms with Gasteiger partial charge in [0.05, 0.1) is 0 Å². The third kappa shape index (κ3) is 6.87. The average molecular weight is 757 g/mol. The predicted octanol–water partition coefficient (Wildman–Crippen LogP) is 12.9. The molecule has 0 spiro atoms. The van der Waals surface area contributed by atoms with Crippen LogP contribution >= 0.6 is 24.8 Å². The van der Waals surface area contributed by atoms with E-state index in [0.717, 1.165) is 0 Å². The molecule has 0 aliphatic heterocycles. The molecule has 0 N–H and O–H groups in total.